The van der Waals surface area contributed by atoms with E-state index in [1.54, 1.807) is 13.8 Å². The van der Waals surface area contributed by atoms with Crippen LogP contribution in [0.4, 0.5) is 4.79 Å². The second-order valence-corrected chi connectivity index (χ2v) is 22.7. The zero-order chi connectivity index (χ0) is 40.3. The molecule has 0 aromatic carbocycles. The lowest BCUT2D eigenvalue weighted by molar-refractivity contribution is -0.149. The molecule has 2 amide bonds. The monoisotopic (exact) mass is 810 g/mol. The number of carbonyl (C=O) groups is 4. The van der Waals surface area contributed by atoms with Crippen molar-refractivity contribution >= 4 is 43.4 Å². The van der Waals surface area contributed by atoms with Crippen LogP contribution in [0.3, 0.4) is 0 Å². The fraction of sp³-hybridized carbons (Fsp3) is 0.854. The molecule has 3 saturated carbocycles. The lowest BCUT2D eigenvalue weighted by atomic mass is 9.47. The lowest BCUT2D eigenvalue weighted by Crippen LogP contribution is -2.52. The van der Waals surface area contributed by atoms with E-state index in [0.717, 1.165) is 57.8 Å². The molecule has 1 saturated heterocycles. The molecule has 1 heterocycles. The molecule has 14 heteroatoms. The maximum atomic E-state index is 13.2. The number of allylic oxidation sites excluding steroid dienone is 1. The molecule has 0 spiro atoms. The van der Waals surface area contributed by atoms with Crippen LogP contribution < -0.4 is 5.32 Å². The Bertz CT molecular complexity index is 1690. The van der Waals surface area contributed by atoms with Crippen molar-refractivity contribution in [2.45, 2.75) is 141 Å². The Morgan fingerprint density at radius 3 is 2.38 bits per heavy atom. The number of ether oxygens (including phenoxy) is 2. The average molecular weight is 811 g/mol. The number of nitrogens with zero attached hydrogens (tertiary/aromatic N) is 1. The van der Waals surface area contributed by atoms with Gasteiger partial charge in [0.25, 0.3) is 0 Å². The normalized spacial score (nSPS) is 33.1. The van der Waals surface area contributed by atoms with Crippen LogP contribution in [0.5, 0.6) is 0 Å². The highest BCUT2D eigenvalue weighted by Gasteiger charge is 2.60. The van der Waals surface area contributed by atoms with Gasteiger partial charge >= 0.3 is 12.1 Å². The van der Waals surface area contributed by atoms with Gasteiger partial charge in [0.15, 0.2) is 15.6 Å². The van der Waals surface area contributed by atoms with Gasteiger partial charge in [0, 0.05) is 38.4 Å². The molecule has 312 valence electrons. The number of hydrogen-bond acceptors (Lipinski definition) is 10. The third-order valence-electron chi connectivity index (χ3n) is 14.6. The Morgan fingerprint density at radius 2 is 1.69 bits per heavy atom. The summed E-state index contributed by atoms with van der Waals surface area (Å²) in [7, 11) is -6.46. The third-order valence-corrected chi connectivity index (χ3v) is 18.0. The van der Waals surface area contributed by atoms with Crippen LogP contribution in [0.1, 0.15) is 124 Å². The smallest absolute Gasteiger partial charge is 0.407 e. The van der Waals surface area contributed by atoms with Crippen molar-refractivity contribution in [3.63, 3.8) is 0 Å². The Hall–Kier alpha value is -2.48. The van der Waals surface area contributed by atoms with Crippen LogP contribution in [0.25, 0.3) is 0 Å². The summed E-state index contributed by atoms with van der Waals surface area (Å²) in [5, 5.41) is 1.96. The van der Waals surface area contributed by atoms with E-state index in [4.69, 9.17) is 9.47 Å². The van der Waals surface area contributed by atoms with Crippen molar-refractivity contribution in [2.24, 2.45) is 40.4 Å². The van der Waals surface area contributed by atoms with Crippen molar-refractivity contribution in [1.82, 2.24) is 10.2 Å². The van der Waals surface area contributed by atoms with Crippen molar-refractivity contribution < 1.29 is 45.5 Å². The molecule has 5 aliphatic rings. The van der Waals surface area contributed by atoms with Crippen molar-refractivity contribution in [3.05, 3.63) is 11.6 Å². The molecule has 10 unspecified atom stereocenters. The summed E-state index contributed by atoms with van der Waals surface area (Å²) in [6.07, 6.45) is 15.8. The summed E-state index contributed by atoms with van der Waals surface area (Å²) in [5.41, 5.74) is 1.37. The number of rotatable bonds is 16. The van der Waals surface area contributed by atoms with Gasteiger partial charge in [-0.2, -0.15) is 0 Å². The molecule has 5 rings (SSSR count). The quantitative estimate of drug-likeness (QED) is 0.0867. The lowest BCUT2D eigenvalue weighted by Gasteiger charge is -2.58. The van der Waals surface area contributed by atoms with E-state index < -0.39 is 48.2 Å². The Balaban J connectivity index is 1.07. The SMILES string of the molecule is CCOC(=O)C1CN(C(=O)CCCCCNC(=O)OC2CCC3(C)C(=CCC4C3CCC3(C)C4CCC3C(CCCC(C)S(C)(=O)=O)S(C)(=O)=O)C2)CC1=O. The zero-order valence-corrected chi connectivity index (χ0v) is 35.6. The van der Waals surface area contributed by atoms with Crippen LogP contribution in [-0.2, 0) is 43.5 Å². The van der Waals surface area contributed by atoms with E-state index in [1.165, 1.54) is 23.0 Å². The van der Waals surface area contributed by atoms with E-state index in [-0.39, 0.29) is 60.7 Å². The molecule has 0 radical (unpaired) electrons. The maximum absolute atomic E-state index is 13.2. The number of fused-ring (bicyclic) bond motifs is 5. The van der Waals surface area contributed by atoms with Crippen LogP contribution >= 0.6 is 0 Å². The van der Waals surface area contributed by atoms with E-state index >= 15 is 0 Å². The van der Waals surface area contributed by atoms with Gasteiger partial charge < -0.3 is 19.7 Å². The summed E-state index contributed by atoms with van der Waals surface area (Å²) >= 11 is 0. The first kappa shape index (κ1) is 43.6. The third kappa shape index (κ3) is 9.80. The van der Waals surface area contributed by atoms with Crippen LogP contribution in [-0.4, -0.2) is 101 Å². The number of alkyl carbamates (subject to hydrolysis) is 1. The standard InChI is InChI=1S/C41H66N2O10S2/c1-7-52-38(46)31-25-43(26-35(31)44)37(45)14-9-8-10-23-42-39(47)53-29-19-21-40(3)28(24-29)15-16-30-32-17-18-34(41(32,4)22-20-33(30)40)36(55(6,50)51)13-11-12-27(2)54(5,48)49/h15,27,29-34,36H,7-14,16-26H2,1-6H3,(H,42,47). The number of esters is 1. The van der Waals surface area contributed by atoms with Crippen molar-refractivity contribution in [1.29, 1.82) is 0 Å². The number of carbonyl (C=O) groups excluding carboxylic acids is 4. The fourth-order valence-corrected chi connectivity index (χ4v) is 13.6. The molecule has 10 atom stereocenters. The maximum Gasteiger partial charge on any atom is 0.407 e. The summed E-state index contributed by atoms with van der Waals surface area (Å²) in [4.78, 5) is 50.9. The van der Waals surface area contributed by atoms with Gasteiger partial charge in [0.05, 0.1) is 23.7 Å². The molecule has 4 fully saturated rings. The number of sulfone groups is 2. The molecule has 1 aliphatic heterocycles. The first-order valence-corrected chi connectivity index (χ1v) is 24.7. The zero-order valence-electron chi connectivity index (χ0n) is 34.0. The molecule has 0 bridgehead atoms. The first-order chi connectivity index (χ1) is 25.8. The highest BCUT2D eigenvalue weighted by atomic mass is 32.2. The largest absolute Gasteiger partial charge is 0.465 e. The predicted molar refractivity (Wildman–Crippen MR) is 210 cm³/mol. The second-order valence-electron chi connectivity index (χ2n) is 18.0. The number of unbranched alkanes of at least 4 members (excludes halogenated alkanes) is 2. The highest BCUT2D eigenvalue weighted by Crippen LogP contribution is 2.67. The highest BCUT2D eigenvalue weighted by molar-refractivity contribution is 7.91. The average Bonchev–Trinajstić information content (AvgIpc) is 3.67. The Kier molecular flexibility index (Phi) is 13.9. The number of amides is 2. The van der Waals surface area contributed by atoms with Crippen molar-refractivity contribution in [2.75, 3.05) is 38.8 Å². The van der Waals surface area contributed by atoms with Crippen molar-refractivity contribution in [3.8, 4) is 0 Å². The minimum atomic E-state index is -3.31. The summed E-state index contributed by atoms with van der Waals surface area (Å²) in [6, 6.07) is 0. The van der Waals surface area contributed by atoms with Gasteiger partial charge in [-0.1, -0.05) is 38.3 Å². The minimum Gasteiger partial charge on any atom is -0.465 e. The fourth-order valence-electron chi connectivity index (χ4n) is 11.4. The summed E-state index contributed by atoms with van der Waals surface area (Å²) in [6.45, 7) is 8.79. The first-order valence-electron chi connectivity index (χ1n) is 20.8. The molecular weight excluding hydrogens is 745 g/mol. The molecule has 1 N–H and O–H groups in total. The van der Waals surface area contributed by atoms with Gasteiger partial charge in [-0.05, 0) is 119 Å². The van der Waals surface area contributed by atoms with E-state index in [9.17, 15) is 36.0 Å². The van der Waals surface area contributed by atoms with Gasteiger partial charge in [0.1, 0.15) is 21.9 Å². The predicted octanol–water partition coefficient (Wildman–Crippen LogP) is 5.83. The molecule has 4 aliphatic carbocycles. The molecule has 0 aromatic heterocycles. The van der Waals surface area contributed by atoms with Gasteiger partial charge in [0.2, 0.25) is 5.91 Å². The Labute approximate surface area is 329 Å². The number of hydrogen-bond donors (Lipinski definition) is 1. The summed E-state index contributed by atoms with van der Waals surface area (Å²) in [5.74, 6) is -0.340. The number of likely N-dealkylation sites (tertiary alicyclic amines) is 1. The number of ketones is 1. The van der Waals surface area contributed by atoms with Crippen LogP contribution in [0.2, 0.25) is 0 Å². The Morgan fingerprint density at radius 1 is 0.945 bits per heavy atom. The van der Waals surface area contributed by atoms with Gasteiger partial charge in [-0.15, -0.1) is 0 Å². The van der Waals surface area contributed by atoms with E-state index in [1.807, 2.05) is 0 Å². The van der Waals surface area contributed by atoms with Crippen LogP contribution in [0.15, 0.2) is 11.6 Å². The molecule has 0 aromatic rings. The van der Waals surface area contributed by atoms with Gasteiger partial charge in [-0.25, -0.2) is 21.6 Å². The minimum absolute atomic E-state index is 0.0379. The number of nitrogens with one attached hydrogen (secondary N) is 1. The number of Topliss-reactive ketones (excluding diaryl/α,β-unsaturated/α-hetero) is 1. The van der Waals surface area contributed by atoms with Crippen LogP contribution in [0, 0.1) is 40.4 Å². The second kappa shape index (κ2) is 17.6. The molecule has 55 heavy (non-hydrogen) atoms. The summed E-state index contributed by atoms with van der Waals surface area (Å²) < 4.78 is 61.3. The molecule has 12 nitrogen and oxygen atoms in total. The molecular formula is C41H66N2O10S2. The topological polar surface area (TPSA) is 170 Å². The van der Waals surface area contributed by atoms with E-state index in [2.05, 4.69) is 25.2 Å². The van der Waals surface area contributed by atoms with E-state index in [0.29, 0.717) is 56.4 Å². The van der Waals surface area contributed by atoms with Gasteiger partial charge in [-0.3, -0.25) is 14.4 Å².